The molecule has 0 aliphatic carbocycles. The number of hydrogen-bond donors (Lipinski definition) is 1. The van der Waals surface area contributed by atoms with Gasteiger partial charge in [-0.25, -0.2) is 4.98 Å². The SMILES string of the molecule is NC(=O)c1ccccc1-c1ccc(-n2ccnc2)c(C(F)(F)F)c1. The molecule has 3 aromatic rings. The zero-order valence-corrected chi connectivity index (χ0v) is 12.3. The van der Waals surface area contributed by atoms with Crippen molar-refractivity contribution in [2.75, 3.05) is 0 Å². The lowest BCUT2D eigenvalue weighted by Gasteiger charge is -2.16. The van der Waals surface area contributed by atoms with Gasteiger partial charge in [0.05, 0.1) is 17.6 Å². The van der Waals surface area contributed by atoms with Crippen molar-refractivity contribution in [1.29, 1.82) is 0 Å². The average molecular weight is 331 g/mol. The monoisotopic (exact) mass is 331 g/mol. The number of alkyl halides is 3. The Balaban J connectivity index is 2.21. The van der Waals surface area contributed by atoms with Crippen LogP contribution < -0.4 is 5.73 Å². The molecule has 1 heterocycles. The fourth-order valence-electron chi connectivity index (χ4n) is 2.51. The second kappa shape index (κ2) is 5.84. The number of hydrogen-bond acceptors (Lipinski definition) is 2. The first-order valence-electron chi connectivity index (χ1n) is 6.96. The van der Waals surface area contributed by atoms with E-state index in [1.54, 1.807) is 18.2 Å². The van der Waals surface area contributed by atoms with Crippen molar-refractivity contribution < 1.29 is 18.0 Å². The molecular weight excluding hydrogens is 319 g/mol. The van der Waals surface area contributed by atoms with Crippen molar-refractivity contribution in [1.82, 2.24) is 9.55 Å². The van der Waals surface area contributed by atoms with Gasteiger partial charge >= 0.3 is 6.18 Å². The third kappa shape index (κ3) is 2.88. The molecule has 2 N–H and O–H groups in total. The number of nitrogens with zero attached hydrogens (tertiary/aromatic N) is 2. The third-order valence-corrected chi connectivity index (χ3v) is 3.59. The van der Waals surface area contributed by atoms with Crippen LogP contribution in [0.5, 0.6) is 0 Å². The van der Waals surface area contributed by atoms with Crippen molar-refractivity contribution in [2.24, 2.45) is 5.73 Å². The van der Waals surface area contributed by atoms with Crippen LogP contribution in [-0.4, -0.2) is 15.5 Å². The van der Waals surface area contributed by atoms with E-state index in [-0.39, 0.29) is 16.8 Å². The van der Waals surface area contributed by atoms with Gasteiger partial charge < -0.3 is 10.3 Å². The average Bonchev–Trinajstić information content (AvgIpc) is 3.08. The molecule has 24 heavy (non-hydrogen) atoms. The number of carbonyl (C=O) groups excluding carboxylic acids is 1. The van der Waals surface area contributed by atoms with E-state index in [4.69, 9.17) is 5.73 Å². The normalized spacial score (nSPS) is 11.5. The van der Waals surface area contributed by atoms with Gasteiger partial charge in [-0.15, -0.1) is 0 Å². The summed E-state index contributed by atoms with van der Waals surface area (Å²) in [6, 6.07) is 10.2. The molecule has 0 saturated heterocycles. The summed E-state index contributed by atoms with van der Waals surface area (Å²) in [6.45, 7) is 0. The van der Waals surface area contributed by atoms with Gasteiger partial charge in [-0.1, -0.05) is 24.3 Å². The Labute approximate surface area is 135 Å². The number of carbonyl (C=O) groups is 1. The summed E-state index contributed by atoms with van der Waals surface area (Å²) in [7, 11) is 0. The molecule has 0 saturated carbocycles. The zero-order valence-electron chi connectivity index (χ0n) is 12.3. The Morgan fingerprint density at radius 3 is 2.50 bits per heavy atom. The number of halogens is 3. The minimum absolute atomic E-state index is 0.0414. The molecule has 4 nitrogen and oxygen atoms in total. The predicted octanol–water partition coefficient (Wildman–Crippen LogP) is 3.66. The molecule has 0 spiro atoms. The highest BCUT2D eigenvalue weighted by Crippen LogP contribution is 2.37. The molecule has 0 bridgehead atoms. The summed E-state index contributed by atoms with van der Waals surface area (Å²) in [5.41, 5.74) is 5.23. The summed E-state index contributed by atoms with van der Waals surface area (Å²) in [5.74, 6) is -0.696. The van der Waals surface area contributed by atoms with Crippen molar-refractivity contribution in [3.8, 4) is 16.8 Å². The smallest absolute Gasteiger partial charge is 0.366 e. The molecule has 122 valence electrons. The highest BCUT2D eigenvalue weighted by atomic mass is 19.4. The van der Waals surface area contributed by atoms with Gasteiger partial charge in [0.2, 0.25) is 5.91 Å². The standard InChI is InChI=1S/C17H12F3N3O/c18-17(19,20)14-9-11(5-6-15(14)23-8-7-22-10-23)12-3-1-2-4-13(12)16(21)24/h1-10H,(H2,21,24). The molecule has 0 unspecified atom stereocenters. The van der Waals surface area contributed by atoms with Crippen LogP contribution in [0.3, 0.4) is 0 Å². The molecule has 0 aliphatic heterocycles. The molecule has 1 amide bonds. The Hall–Kier alpha value is -3.09. The van der Waals surface area contributed by atoms with E-state index in [0.29, 0.717) is 5.56 Å². The Kier molecular flexibility index (Phi) is 3.84. The first kappa shape index (κ1) is 15.8. The van der Waals surface area contributed by atoms with Crippen molar-refractivity contribution >= 4 is 5.91 Å². The van der Waals surface area contributed by atoms with Gasteiger partial charge in [-0.2, -0.15) is 13.2 Å². The lowest BCUT2D eigenvalue weighted by Crippen LogP contribution is -2.13. The van der Waals surface area contributed by atoms with E-state index < -0.39 is 17.6 Å². The van der Waals surface area contributed by atoms with E-state index in [1.807, 2.05) is 0 Å². The summed E-state index contributed by atoms with van der Waals surface area (Å²) >= 11 is 0. The van der Waals surface area contributed by atoms with Crippen molar-refractivity contribution in [3.63, 3.8) is 0 Å². The number of aromatic nitrogens is 2. The fraction of sp³-hybridized carbons (Fsp3) is 0.0588. The molecule has 7 heteroatoms. The first-order valence-corrected chi connectivity index (χ1v) is 6.96. The molecule has 3 rings (SSSR count). The Morgan fingerprint density at radius 1 is 1.12 bits per heavy atom. The number of amides is 1. The van der Waals surface area contributed by atoms with E-state index in [2.05, 4.69) is 4.98 Å². The summed E-state index contributed by atoms with van der Waals surface area (Å²) < 4.78 is 41.7. The summed E-state index contributed by atoms with van der Waals surface area (Å²) in [5, 5.41) is 0. The van der Waals surface area contributed by atoms with Crippen LogP contribution in [0.4, 0.5) is 13.2 Å². The van der Waals surface area contributed by atoms with Crippen molar-refractivity contribution in [3.05, 3.63) is 72.3 Å². The minimum atomic E-state index is -4.56. The van der Waals surface area contributed by atoms with Crippen LogP contribution in [-0.2, 0) is 6.18 Å². The lowest BCUT2D eigenvalue weighted by atomic mass is 9.96. The number of rotatable bonds is 3. The zero-order chi connectivity index (χ0) is 17.3. The number of primary amides is 1. The second-order valence-corrected chi connectivity index (χ2v) is 5.11. The second-order valence-electron chi connectivity index (χ2n) is 5.11. The first-order chi connectivity index (χ1) is 11.4. The highest BCUT2D eigenvalue weighted by Gasteiger charge is 2.34. The Bertz CT molecular complexity index is 886. The van der Waals surface area contributed by atoms with Crippen molar-refractivity contribution in [2.45, 2.75) is 6.18 Å². The maximum Gasteiger partial charge on any atom is 0.418 e. The van der Waals surface area contributed by atoms with E-state index in [9.17, 15) is 18.0 Å². The van der Waals surface area contributed by atoms with E-state index in [0.717, 1.165) is 6.07 Å². The maximum absolute atomic E-state index is 13.5. The van der Waals surface area contributed by atoms with Gasteiger partial charge in [0.15, 0.2) is 0 Å². The number of imidazole rings is 1. The van der Waals surface area contributed by atoms with Crippen LogP contribution in [0, 0.1) is 0 Å². The minimum Gasteiger partial charge on any atom is -0.366 e. The number of benzene rings is 2. The lowest BCUT2D eigenvalue weighted by molar-refractivity contribution is -0.137. The van der Waals surface area contributed by atoms with Gasteiger partial charge in [-0.3, -0.25) is 4.79 Å². The maximum atomic E-state index is 13.5. The highest BCUT2D eigenvalue weighted by molar-refractivity contribution is 5.99. The topological polar surface area (TPSA) is 60.9 Å². The molecule has 0 atom stereocenters. The van der Waals surface area contributed by atoms with Crippen LogP contribution in [0.25, 0.3) is 16.8 Å². The molecule has 0 fully saturated rings. The van der Waals surface area contributed by atoms with Crippen LogP contribution >= 0.6 is 0 Å². The van der Waals surface area contributed by atoms with Crippen LogP contribution in [0.2, 0.25) is 0 Å². The fourth-order valence-corrected chi connectivity index (χ4v) is 2.51. The van der Waals surface area contributed by atoms with Crippen LogP contribution in [0.1, 0.15) is 15.9 Å². The summed E-state index contributed by atoms with van der Waals surface area (Å²) in [4.78, 5) is 15.3. The largest absolute Gasteiger partial charge is 0.418 e. The van der Waals surface area contributed by atoms with Gasteiger partial charge in [-0.05, 0) is 29.3 Å². The molecular formula is C17H12F3N3O. The molecule has 2 aromatic carbocycles. The molecule has 1 aromatic heterocycles. The van der Waals surface area contributed by atoms with E-state index in [1.165, 1.54) is 41.5 Å². The molecule has 0 aliphatic rings. The van der Waals surface area contributed by atoms with E-state index >= 15 is 0 Å². The van der Waals surface area contributed by atoms with Gasteiger partial charge in [0.1, 0.15) is 0 Å². The predicted molar refractivity (Wildman–Crippen MR) is 82.5 cm³/mol. The number of nitrogens with two attached hydrogens (primary N) is 1. The Morgan fingerprint density at radius 2 is 1.88 bits per heavy atom. The van der Waals surface area contributed by atoms with Crippen LogP contribution in [0.15, 0.2) is 61.2 Å². The summed E-state index contributed by atoms with van der Waals surface area (Å²) in [6.07, 6.45) is -0.434. The third-order valence-electron chi connectivity index (χ3n) is 3.59. The quantitative estimate of drug-likeness (QED) is 0.796. The molecule has 0 radical (unpaired) electrons. The van der Waals surface area contributed by atoms with Gasteiger partial charge in [0, 0.05) is 18.0 Å². The van der Waals surface area contributed by atoms with Gasteiger partial charge in [0.25, 0.3) is 0 Å².